The molecule has 1 N–H and O–H groups in total. The average Bonchev–Trinajstić information content (AvgIpc) is 3.80. The molecule has 0 bridgehead atoms. The highest BCUT2D eigenvalue weighted by molar-refractivity contribution is 6.74. The monoisotopic (exact) mass is 775 g/mol. The van der Waals surface area contributed by atoms with E-state index in [-0.39, 0.29) is 51.2 Å². The van der Waals surface area contributed by atoms with E-state index < -0.39 is 22.7 Å². The highest BCUT2D eigenvalue weighted by atomic mass is 28.4. The molecule has 0 amide bonds. The molecule has 54 heavy (non-hydrogen) atoms. The van der Waals surface area contributed by atoms with Gasteiger partial charge in [0.15, 0.2) is 16.6 Å². The van der Waals surface area contributed by atoms with Crippen molar-refractivity contribution in [2.45, 2.75) is 199 Å². The topological polar surface area (TPSA) is 55.8 Å². The first-order chi connectivity index (χ1) is 24.8. The standard InChI is InChI=1S/C48H78O4Si2/c1-32(2)35-20-22-38(23-21-35)48(27-28-48)44(50)31-42(49)34(4)40-24-25-41-36(17-16-26-47(40,41)11)18-19-37-29-39(51-53(12,13)45(5,6)7)30-43(33(37)3)52-54(14,15)46(8,9)10/h18-23,32,34,39-43,49H,3,16-17,24-31H2,1-2,4-15H3/t34-,39+,40+,41-,42?,43-,47+/m0/s1. The van der Waals surface area contributed by atoms with Gasteiger partial charge >= 0.3 is 0 Å². The molecule has 4 fully saturated rings. The van der Waals surface area contributed by atoms with Gasteiger partial charge in [0.25, 0.3) is 0 Å². The van der Waals surface area contributed by atoms with Crippen LogP contribution in [0.2, 0.25) is 36.3 Å². The second-order valence-electron chi connectivity index (χ2n) is 21.8. The minimum Gasteiger partial charge on any atom is -0.413 e. The Kier molecular flexibility index (Phi) is 12.6. The lowest BCUT2D eigenvalue weighted by molar-refractivity contribution is -0.124. The number of rotatable bonds is 12. The lowest BCUT2D eigenvalue weighted by Gasteiger charge is -2.46. The summed E-state index contributed by atoms with van der Waals surface area (Å²) in [6.45, 7) is 37.2. The Balaban J connectivity index is 1.33. The predicted molar refractivity (Wildman–Crippen MR) is 233 cm³/mol. The van der Waals surface area contributed by atoms with Crippen LogP contribution in [0.25, 0.3) is 0 Å². The molecule has 5 rings (SSSR count). The van der Waals surface area contributed by atoms with Gasteiger partial charge in [-0.05, 0) is 139 Å². The van der Waals surface area contributed by atoms with E-state index in [9.17, 15) is 9.90 Å². The Morgan fingerprint density at radius 3 is 2.07 bits per heavy atom. The van der Waals surface area contributed by atoms with Gasteiger partial charge in [-0.3, -0.25) is 4.79 Å². The Hall–Kier alpha value is -1.58. The largest absolute Gasteiger partial charge is 0.413 e. The molecule has 0 heterocycles. The second kappa shape index (κ2) is 15.6. The molecular weight excluding hydrogens is 697 g/mol. The summed E-state index contributed by atoms with van der Waals surface area (Å²) >= 11 is 0. The number of hydrogen-bond acceptors (Lipinski definition) is 4. The van der Waals surface area contributed by atoms with E-state index in [1.807, 2.05) is 0 Å². The minimum atomic E-state index is -2.03. The van der Waals surface area contributed by atoms with Gasteiger partial charge in [-0.2, -0.15) is 0 Å². The molecule has 6 heteroatoms. The van der Waals surface area contributed by atoms with Crippen molar-refractivity contribution in [1.29, 1.82) is 0 Å². The number of benzene rings is 1. The van der Waals surface area contributed by atoms with Crippen LogP contribution in [0.4, 0.5) is 0 Å². The fourth-order valence-corrected chi connectivity index (χ4v) is 12.5. The van der Waals surface area contributed by atoms with Gasteiger partial charge in [-0.1, -0.05) is 118 Å². The number of Topliss-reactive ketones (excluding diaryl/α,β-unsaturated/α-hetero) is 1. The summed E-state index contributed by atoms with van der Waals surface area (Å²) < 4.78 is 14.2. The fraction of sp³-hybridized carbons (Fsp3) is 0.729. The van der Waals surface area contributed by atoms with Crippen molar-refractivity contribution in [3.05, 3.63) is 70.8 Å². The third-order valence-corrected chi connectivity index (χ3v) is 24.8. The Labute approximate surface area is 333 Å². The van der Waals surface area contributed by atoms with Crippen LogP contribution in [0.3, 0.4) is 0 Å². The van der Waals surface area contributed by atoms with E-state index in [0.717, 1.165) is 56.1 Å². The van der Waals surface area contributed by atoms with Crippen LogP contribution in [0.1, 0.15) is 150 Å². The lowest BCUT2D eigenvalue weighted by Crippen LogP contribution is -2.49. The number of carbonyl (C=O) groups excluding carboxylic acids is 1. The number of aliphatic hydroxyl groups excluding tert-OH is 1. The zero-order valence-electron chi connectivity index (χ0n) is 37.0. The van der Waals surface area contributed by atoms with E-state index in [0.29, 0.717) is 17.8 Å². The van der Waals surface area contributed by atoms with E-state index in [4.69, 9.17) is 15.4 Å². The number of fused-ring (bicyclic) bond motifs is 1. The van der Waals surface area contributed by atoms with E-state index in [1.165, 1.54) is 24.0 Å². The molecule has 1 aromatic rings. The van der Waals surface area contributed by atoms with Crippen molar-refractivity contribution in [1.82, 2.24) is 0 Å². The minimum absolute atomic E-state index is 0.0224. The summed E-state index contributed by atoms with van der Waals surface area (Å²) in [5.41, 5.74) is 6.16. The van der Waals surface area contributed by atoms with Crippen LogP contribution in [-0.2, 0) is 19.1 Å². The van der Waals surface area contributed by atoms with Gasteiger partial charge < -0.3 is 14.0 Å². The van der Waals surface area contributed by atoms with Gasteiger partial charge in [-0.15, -0.1) is 0 Å². The van der Waals surface area contributed by atoms with E-state index >= 15 is 0 Å². The van der Waals surface area contributed by atoms with Gasteiger partial charge in [0, 0.05) is 12.8 Å². The highest BCUT2D eigenvalue weighted by Crippen LogP contribution is 2.60. The summed E-state index contributed by atoms with van der Waals surface area (Å²) in [6.07, 6.45) is 13.9. The third-order valence-electron chi connectivity index (χ3n) is 15.8. The Morgan fingerprint density at radius 2 is 1.52 bits per heavy atom. The molecular formula is C48H78O4Si2. The number of hydrogen-bond donors (Lipinski definition) is 1. The summed E-state index contributed by atoms with van der Waals surface area (Å²) in [6, 6.07) is 8.69. The lowest BCUT2D eigenvalue weighted by atomic mass is 9.60. The molecule has 4 aliphatic carbocycles. The van der Waals surface area contributed by atoms with E-state index in [2.05, 4.69) is 132 Å². The highest BCUT2D eigenvalue weighted by Gasteiger charge is 2.54. The van der Waals surface area contributed by atoms with Crippen LogP contribution >= 0.6 is 0 Å². The Bertz CT molecular complexity index is 1580. The van der Waals surface area contributed by atoms with Gasteiger partial charge in [0.1, 0.15) is 5.78 Å². The molecule has 4 aliphatic rings. The van der Waals surface area contributed by atoms with Crippen LogP contribution in [0.5, 0.6) is 0 Å². The quantitative estimate of drug-likeness (QED) is 0.215. The van der Waals surface area contributed by atoms with Gasteiger partial charge in [-0.25, -0.2) is 0 Å². The van der Waals surface area contributed by atoms with Crippen molar-refractivity contribution in [2.75, 3.05) is 0 Å². The maximum Gasteiger partial charge on any atom is 0.192 e. The second-order valence-corrected chi connectivity index (χ2v) is 31.3. The molecule has 302 valence electrons. The van der Waals surface area contributed by atoms with Crippen molar-refractivity contribution in [3.63, 3.8) is 0 Å². The molecule has 1 unspecified atom stereocenters. The summed E-state index contributed by atoms with van der Waals surface area (Å²) in [5, 5.41) is 12.0. The first-order valence-corrected chi connectivity index (χ1v) is 27.4. The van der Waals surface area contributed by atoms with Crippen LogP contribution < -0.4 is 0 Å². The van der Waals surface area contributed by atoms with Gasteiger partial charge in [0.05, 0.1) is 23.7 Å². The van der Waals surface area contributed by atoms with Gasteiger partial charge in [0.2, 0.25) is 0 Å². The number of allylic oxidation sites excluding steroid dienone is 3. The molecule has 7 atom stereocenters. The van der Waals surface area contributed by atoms with Crippen LogP contribution in [-0.4, -0.2) is 45.8 Å². The zero-order chi connectivity index (χ0) is 40.2. The number of aliphatic hydroxyl groups is 1. The normalized spacial score (nSPS) is 30.5. The molecule has 0 aliphatic heterocycles. The summed E-state index contributed by atoms with van der Waals surface area (Å²) in [5.74, 6) is 1.69. The zero-order valence-corrected chi connectivity index (χ0v) is 39.0. The third kappa shape index (κ3) is 8.78. The van der Waals surface area contributed by atoms with Crippen molar-refractivity contribution in [3.8, 4) is 0 Å². The number of carbonyl (C=O) groups is 1. The predicted octanol–water partition coefficient (Wildman–Crippen LogP) is 13.0. The van der Waals surface area contributed by atoms with Crippen LogP contribution in [0, 0.1) is 23.2 Å². The maximum atomic E-state index is 13.9. The molecule has 4 saturated carbocycles. The SMILES string of the molecule is C=C1C(=CC=C2CCC[C@]3(C)[C@@H]([C@H](C)C(O)CC(=O)C4(c5ccc(C(C)C)cc5)CC4)CC[C@@H]23)C[C@@H](O[Si](C)(C)C(C)(C)C)C[C@@H]1O[Si](C)(C)C(C)(C)C. The van der Waals surface area contributed by atoms with Crippen molar-refractivity contribution >= 4 is 22.4 Å². The van der Waals surface area contributed by atoms with Crippen molar-refractivity contribution in [2.24, 2.45) is 23.2 Å². The average molecular weight is 775 g/mol. The Morgan fingerprint density at radius 1 is 0.926 bits per heavy atom. The fourth-order valence-electron chi connectivity index (χ4n) is 9.79. The first-order valence-electron chi connectivity index (χ1n) is 21.6. The molecule has 0 aromatic heterocycles. The maximum absolute atomic E-state index is 13.9. The molecule has 4 nitrogen and oxygen atoms in total. The van der Waals surface area contributed by atoms with Crippen molar-refractivity contribution < 1.29 is 18.8 Å². The van der Waals surface area contributed by atoms with E-state index in [1.54, 1.807) is 5.57 Å². The first kappa shape index (κ1) is 43.5. The molecule has 0 radical (unpaired) electrons. The summed E-state index contributed by atoms with van der Waals surface area (Å²) in [7, 11) is -4.01. The smallest absolute Gasteiger partial charge is 0.192 e. The van der Waals surface area contributed by atoms with Crippen LogP contribution in [0.15, 0.2) is 59.7 Å². The molecule has 1 aromatic carbocycles. The summed E-state index contributed by atoms with van der Waals surface area (Å²) in [4.78, 5) is 13.9. The molecule has 0 saturated heterocycles. The molecule has 0 spiro atoms. The number of ketones is 1.